The van der Waals surface area contributed by atoms with Gasteiger partial charge in [0.15, 0.2) is 5.84 Å². The van der Waals surface area contributed by atoms with E-state index in [4.69, 9.17) is 14.7 Å². The lowest BCUT2D eigenvalue weighted by atomic mass is 9.66. The number of benzene rings is 8. The Kier molecular flexibility index (Phi) is 7.77. The molecule has 8 aromatic carbocycles. The van der Waals surface area contributed by atoms with Gasteiger partial charge in [-0.15, -0.1) is 0 Å². The van der Waals surface area contributed by atoms with E-state index in [1.165, 1.54) is 22.3 Å². The van der Waals surface area contributed by atoms with Gasteiger partial charge in [0, 0.05) is 22.3 Å². The second kappa shape index (κ2) is 13.4. The van der Waals surface area contributed by atoms with Gasteiger partial charge in [-0.1, -0.05) is 164 Å². The number of para-hydroxylation sites is 2. The van der Waals surface area contributed by atoms with Crippen LogP contribution in [0.4, 0.5) is 0 Å². The Morgan fingerprint density at radius 2 is 1.05 bits per heavy atom. The van der Waals surface area contributed by atoms with Crippen LogP contribution in [0.3, 0.4) is 0 Å². The van der Waals surface area contributed by atoms with Gasteiger partial charge in [-0.2, -0.15) is 5.26 Å². The number of amidine groups is 2. The lowest BCUT2D eigenvalue weighted by Gasteiger charge is -2.39. The molecule has 0 saturated heterocycles. The highest BCUT2D eigenvalue weighted by molar-refractivity contribution is 6.13. The lowest BCUT2D eigenvalue weighted by molar-refractivity contribution is 0.436. The van der Waals surface area contributed by atoms with Gasteiger partial charge in [-0.25, -0.2) is 9.98 Å². The summed E-state index contributed by atoms with van der Waals surface area (Å²) in [5.41, 5.74) is 14.7. The van der Waals surface area contributed by atoms with Crippen molar-refractivity contribution in [1.82, 2.24) is 5.32 Å². The van der Waals surface area contributed by atoms with Crippen molar-refractivity contribution in [3.8, 4) is 50.9 Å². The van der Waals surface area contributed by atoms with Crippen LogP contribution in [0.2, 0.25) is 0 Å². The average Bonchev–Trinajstić information content (AvgIpc) is 3.59. The number of aliphatic imine (C=N–C) groups is 2. The zero-order chi connectivity index (χ0) is 38.6. The van der Waals surface area contributed by atoms with E-state index in [2.05, 4.69) is 151 Å². The van der Waals surface area contributed by atoms with Crippen molar-refractivity contribution < 1.29 is 4.74 Å². The number of hydrogen-bond donors (Lipinski definition) is 1. The van der Waals surface area contributed by atoms with Crippen molar-refractivity contribution in [2.24, 2.45) is 9.98 Å². The summed E-state index contributed by atoms with van der Waals surface area (Å²) in [6.07, 6.45) is -0.350. The van der Waals surface area contributed by atoms with E-state index in [9.17, 15) is 5.26 Å². The average molecular weight is 743 g/mol. The van der Waals surface area contributed by atoms with E-state index in [0.717, 1.165) is 67.4 Å². The third-order valence-corrected chi connectivity index (χ3v) is 11.7. The number of rotatable bonds is 5. The van der Waals surface area contributed by atoms with Crippen LogP contribution in [-0.2, 0) is 5.41 Å². The molecule has 272 valence electrons. The molecule has 2 aliphatic heterocycles. The Balaban J connectivity index is 0.963. The van der Waals surface area contributed by atoms with Gasteiger partial charge < -0.3 is 10.1 Å². The van der Waals surface area contributed by atoms with E-state index in [-0.39, 0.29) is 6.17 Å². The second-order valence-corrected chi connectivity index (χ2v) is 14.9. The van der Waals surface area contributed by atoms with Crippen LogP contribution in [0.1, 0.15) is 50.7 Å². The molecule has 1 unspecified atom stereocenters. The monoisotopic (exact) mass is 742 g/mol. The minimum Gasteiger partial charge on any atom is -0.457 e. The molecule has 8 aromatic rings. The highest BCUT2D eigenvalue weighted by atomic mass is 16.5. The largest absolute Gasteiger partial charge is 0.457 e. The number of ether oxygens (including phenoxy) is 1. The van der Waals surface area contributed by atoms with Crippen molar-refractivity contribution in [2.75, 3.05) is 0 Å². The summed E-state index contributed by atoms with van der Waals surface area (Å²) in [7, 11) is 0. The molecule has 0 bridgehead atoms. The molecule has 58 heavy (non-hydrogen) atoms. The van der Waals surface area contributed by atoms with E-state index in [0.29, 0.717) is 11.4 Å². The van der Waals surface area contributed by atoms with Gasteiger partial charge in [-0.05, 0) is 80.4 Å². The highest BCUT2D eigenvalue weighted by Gasteiger charge is 2.51. The summed E-state index contributed by atoms with van der Waals surface area (Å²) >= 11 is 0. The van der Waals surface area contributed by atoms with Gasteiger partial charge in [0.1, 0.15) is 23.5 Å². The molecule has 5 nitrogen and oxygen atoms in total. The molecule has 0 saturated carbocycles. The summed E-state index contributed by atoms with van der Waals surface area (Å²) in [6, 6.07) is 69.8. The molecule has 2 heterocycles. The summed E-state index contributed by atoms with van der Waals surface area (Å²) in [6.45, 7) is 0. The summed E-state index contributed by atoms with van der Waals surface area (Å²) in [5.74, 6) is 3.20. The lowest BCUT2D eigenvalue weighted by Crippen LogP contribution is -2.33. The smallest absolute Gasteiger partial charge is 0.159 e. The molecule has 1 atom stereocenters. The van der Waals surface area contributed by atoms with E-state index in [1.54, 1.807) is 0 Å². The molecule has 3 aliphatic rings. The zero-order valence-corrected chi connectivity index (χ0v) is 31.3. The maximum Gasteiger partial charge on any atom is 0.159 e. The Morgan fingerprint density at radius 3 is 1.78 bits per heavy atom. The van der Waals surface area contributed by atoms with Crippen LogP contribution in [0.15, 0.2) is 204 Å². The third kappa shape index (κ3) is 5.31. The Labute approximate surface area is 336 Å². The number of fused-ring (bicyclic) bond motifs is 9. The topological polar surface area (TPSA) is 69.8 Å². The standard InChI is InChI=1S/C53H34N4O/c54-33-34-11-10-14-40(31-34)35-21-25-38(26-22-35)51-55-50(37-12-2-1-3-13-37)56-52(57-51)39-27-23-36(24-28-39)41-29-30-43-42-15-4-5-16-44(42)53(47(43)32-41)45-17-6-8-19-48(45)58-49-20-9-7-18-46(49)53/h1-32,52H,(H,55,56,57). The SMILES string of the molecule is N#Cc1cccc(-c2ccc(C3=NC(c4ccccc4)=NC(c4ccc(-c5ccc6c(c5)C5(c7ccccc7Oc7ccccc75)c5ccccc5-6)cc4)N3)cc2)c1. The van der Waals surface area contributed by atoms with Crippen molar-refractivity contribution >= 4 is 11.7 Å². The summed E-state index contributed by atoms with van der Waals surface area (Å²) < 4.78 is 6.55. The van der Waals surface area contributed by atoms with E-state index >= 15 is 0 Å². The first-order chi connectivity index (χ1) is 28.7. The fourth-order valence-electron chi connectivity index (χ4n) is 8.96. The minimum absolute atomic E-state index is 0.350. The van der Waals surface area contributed by atoms with Gasteiger partial charge in [0.2, 0.25) is 0 Å². The maximum atomic E-state index is 9.42. The Bertz CT molecular complexity index is 2970. The van der Waals surface area contributed by atoms with Gasteiger partial charge in [0.05, 0.1) is 17.0 Å². The van der Waals surface area contributed by atoms with Crippen LogP contribution < -0.4 is 10.1 Å². The van der Waals surface area contributed by atoms with Gasteiger partial charge in [0.25, 0.3) is 0 Å². The van der Waals surface area contributed by atoms with Crippen molar-refractivity contribution in [2.45, 2.75) is 11.6 Å². The van der Waals surface area contributed by atoms with Gasteiger partial charge >= 0.3 is 0 Å². The number of nitrogens with zero attached hydrogens (tertiary/aromatic N) is 3. The van der Waals surface area contributed by atoms with Crippen LogP contribution in [0, 0.1) is 11.3 Å². The fourth-order valence-corrected chi connectivity index (χ4v) is 8.96. The molecule has 1 spiro atoms. The molecular formula is C53H34N4O. The van der Waals surface area contributed by atoms with Crippen molar-refractivity contribution in [1.29, 1.82) is 5.26 Å². The number of hydrogen-bond acceptors (Lipinski definition) is 5. The molecule has 1 aliphatic carbocycles. The predicted molar refractivity (Wildman–Crippen MR) is 231 cm³/mol. The van der Waals surface area contributed by atoms with Crippen LogP contribution in [-0.4, -0.2) is 11.7 Å². The molecule has 0 aromatic heterocycles. The van der Waals surface area contributed by atoms with E-state index < -0.39 is 5.41 Å². The molecular weight excluding hydrogens is 709 g/mol. The molecule has 11 rings (SSSR count). The molecule has 1 N–H and O–H groups in total. The third-order valence-electron chi connectivity index (χ3n) is 11.7. The van der Waals surface area contributed by atoms with E-state index in [1.807, 2.05) is 54.6 Å². The van der Waals surface area contributed by atoms with Crippen LogP contribution >= 0.6 is 0 Å². The summed E-state index contributed by atoms with van der Waals surface area (Å²) in [5, 5.41) is 13.0. The molecule has 0 amide bonds. The van der Waals surface area contributed by atoms with Gasteiger partial charge in [-0.3, -0.25) is 0 Å². The first-order valence-corrected chi connectivity index (χ1v) is 19.5. The highest BCUT2D eigenvalue weighted by Crippen LogP contribution is 2.62. The van der Waals surface area contributed by atoms with Crippen LogP contribution in [0.25, 0.3) is 33.4 Å². The number of nitriles is 1. The number of nitrogens with one attached hydrogen (secondary N) is 1. The first-order valence-electron chi connectivity index (χ1n) is 19.5. The maximum absolute atomic E-state index is 9.42. The zero-order valence-electron chi connectivity index (χ0n) is 31.3. The first kappa shape index (κ1) is 33.5. The second-order valence-electron chi connectivity index (χ2n) is 14.9. The molecule has 0 fully saturated rings. The Hall–Kier alpha value is -7.81. The van der Waals surface area contributed by atoms with Crippen molar-refractivity contribution in [3.63, 3.8) is 0 Å². The van der Waals surface area contributed by atoms with Crippen LogP contribution in [0.5, 0.6) is 11.5 Å². The molecule has 0 radical (unpaired) electrons. The fraction of sp³-hybridized carbons (Fsp3) is 0.0377. The normalized spacial score (nSPS) is 15.3. The minimum atomic E-state index is -0.517. The predicted octanol–water partition coefficient (Wildman–Crippen LogP) is 11.9. The quantitative estimate of drug-likeness (QED) is 0.191. The Morgan fingerprint density at radius 1 is 0.483 bits per heavy atom. The van der Waals surface area contributed by atoms with Crippen molar-refractivity contribution in [3.05, 3.63) is 239 Å². The molecule has 5 heteroatoms. The summed E-state index contributed by atoms with van der Waals surface area (Å²) in [4.78, 5) is 10.2.